The maximum absolute atomic E-state index is 12.7. The summed E-state index contributed by atoms with van der Waals surface area (Å²) in [6.45, 7) is 2.64. The monoisotopic (exact) mass is 356 g/mol. The molecule has 0 radical (unpaired) electrons. The van der Waals surface area contributed by atoms with E-state index < -0.39 is 0 Å². The molecule has 2 aromatic rings. The van der Waals surface area contributed by atoms with E-state index >= 15 is 0 Å². The van der Waals surface area contributed by atoms with Gasteiger partial charge in [-0.25, -0.2) is 0 Å². The van der Waals surface area contributed by atoms with Crippen LogP contribution in [-0.4, -0.2) is 39.2 Å². The lowest BCUT2D eigenvalue weighted by Crippen LogP contribution is -2.23. The second-order valence-electron chi connectivity index (χ2n) is 5.73. The fourth-order valence-corrected chi connectivity index (χ4v) is 2.80. The number of benzene rings is 2. The van der Waals surface area contributed by atoms with Crippen molar-refractivity contribution in [1.82, 2.24) is 5.32 Å². The molecule has 0 bridgehead atoms. The van der Waals surface area contributed by atoms with Crippen LogP contribution in [0, 0.1) is 6.92 Å². The van der Waals surface area contributed by atoms with Crippen LogP contribution in [0.3, 0.4) is 0 Å². The first-order valence-corrected chi connectivity index (χ1v) is 8.15. The van der Waals surface area contributed by atoms with Crippen molar-refractivity contribution < 1.29 is 23.8 Å². The number of hydrogen-bond acceptors (Lipinski definition) is 5. The molecule has 7 heteroatoms. The van der Waals surface area contributed by atoms with Gasteiger partial charge in [0, 0.05) is 12.6 Å². The van der Waals surface area contributed by atoms with Gasteiger partial charge in [0.1, 0.15) is 13.2 Å². The summed E-state index contributed by atoms with van der Waals surface area (Å²) in [6, 6.07) is 8.46. The van der Waals surface area contributed by atoms with Gasteiger partial charge < -0.3 is 24.8 Å². The van der Waals surface area contributed by atoms with Gasteiger partial charge in [0.2, 0.25) is 5.75 Å². The first kappa shape index (κ1) is 17.6. The molecule has 0 saturated heterocycles. The first-order valence-electron chi connectivity index (χ1n) is 8.15. The number of rotatable bonds is 4. The van der Waals surface area contributed by atoms with Crippen molar-refractivity contribution >= 4 is 17.5 Å². The van der Waals surface area contributed by atoms with Gasteiger partial charge in [0.05, 0.1) is 18.4 Å². The maximum Gasteiger partial charge on any atom is 0.255 e. The van der Waals surface area contributed by atoms with Crippen LogP contribution in [0.1, 0.15) is 26.3 Å². The van der Waals surface area contributed by atoms with E-state index in [1.165, 1.54) is 7.11 Å². The van der Waals surface area contributed by atoms with E-state index in [1.807, 2.05) is 13.0 Å². The number of amides is 2. The molecule has 2 aromatic carbocycles. The summed E-state index contributed by atoms with van der Waals surface area (Å²) in [5.41, 5.74) is 1.97. The molecule has 26 heavy (non-hydrogen) atoms. The van der Waals surface area contributed by atoms with E-state index in [9.17, 15) is 9.59 Å². The lowest BCUT2D eigenvalue weighted by Gasteiger charge is -2.21. The maximum atomic E-state index is 12.7. The fourth-order valence-electron chi connectivity index (χ4n) is 2.80. The van der Waals surface area contributed by atoms with Gasteiger partial charge >= 0.3 is 0 Å². The van der Waals surface area contributed by atoms with E-state index in [1.54, 1.807) is 31.3 Å². The summed E-state index contributed by atoms with van der Waals surface area (Å²) in [5, 5.41) is 5.38. The number of aryl methyl sites for hydroxylation is 1. The molecular weight excluding hydrogens is 336 g/mol. The highest BCUT2D eigenvalue weighted by Crippen LogP contribution is 2.40. The van der Waals surface area contributed by atoms with Crippen LogP contribution in [0.2, 0.25) is 0 Å². The Morgan fingerprint density at radius 2 is 1.88 bits per heavy atom. The summed E-state index contributed by atoms with van der Waals surface area (Å²) >= 11 is 0. The van der Waals surface area contributed by atoms with Crippen molar-refractivity contribution in [3.63, 3.8) is 0 Å². The SMILES string of the molecule is CNC(=O)c1c(C)cccc1NC(=O)c1cc(OC)c2c(c1)OCCO2. The predicted octanol–water partition coefficient (Wildman–Crippen LogP) is 2.39. The number of carbonyl (C=O) groups is 2. The zero-order valence-corrected chi connectivity index (χ0v) is 14.8. The number of fused-ring (bicyclic) bond motifs is 1. The molecule has 0 spiro atoms. The van der Waals surface area contributed by atoms with Gasteiger partial charge in [-0.2, -0.15) is 0 Å². The molecule has 2 N–H and O–H groups in total. The number of nitrogens with one attached hydrogen (secondary N) is 2. The average molecular weight is 356 g/mol. The highest BCUT2D eigenvalue weighted by Gasteiger charge is 2.22. The van der Waals surface area contributed by atoms with E-state index in [4.69, 9.17) is 14.2 Å². The van der Waals surface area contributed by atoms with E-state index in [2.05, 4.69) is 10.6 Å². The van der Waals surface area contributed by atoms with Crippen molar-refractivity contribution in [3.05, 3.63) is 47.0 Å². The van der Waals surface area contributed by atoms with Crippen LogP contribution in [0.15, 0.2) is 30.3 Å². The van der Waals surface area contributed by atoms with Gasteiger partial charge in [-0.05, 0) is 30.7 Å². The van der Waals surface area contributed by atoms with Crippen LogP contribution in [0.25, 0.3) is 0 Å². The Balaban J connectivity index is 1.94. The largest absolute Gasteiger partial charge is 0.493 e. The molecule has 0 unspecified atom stereocenters. The normalized spacial score (nSPS) is 12.3. The fraction of sp³-hybridized carbons (Fsp3) is 0.263. The number of anilines is 1. The first-order chi connectivity index (χ1) is 12.5. The molecule has 136 valence electrons. The molecule has 1 aliphatic rings. The number of ether oxygens (including phenoxy) is 3. The molecule has 0 aromatic heterocycles. The highest BCUT2D eigenvalue weighted by atomic mass is 16.6. The Kier molecular flexibility index (Phi) is 4.97. The smallest absolute Gasteiger partial charge is 0.255 e. The Bertz CT molecular complexity index is 846. The molecular formula is C19H20N2O5. The Morgan fingerprint density at radius 1 is 1.12 bits per heavy atom. The second-order valence-corrected chi connectivity index (χ2v) is 5.73. The predicted molar refractivity (Wildman–Crippen MR) is 96.5 cm³/mol. The van der Waals surface area contributed by atoms with Crippen molar-refractivity contribution in [1.29, 1.82) is 0 Å². The van der Waals surface area contributed by atoms with Crippen molar-refractivity contribution in [2.75, 3.05) is 32.7 Å². The minimum absolute atomic E-state index is 0.266. The quantitative estimate of drug-likeness (QED) is 0.878. The van der Waals surface area contributed by atoms with E-state index in [0.717, 1.165) is 5.56 Å². The third kappa shape index (κ3) is 3.28. The van der Waals surface area contributed by atoms with Crippen LogP contribution in [0.5, 0.6) is 17.2 Å². The van der Waals surface area contributed by atoms with E-state index in [0.29, 0.717) is 47.3 Å². The van der Waals surface area contributed by atoms with Gasteiger partial charge in [-0.3, -0.25) is 9.59 Å². The molecule has 0 fully saturated rings. The standard InChI is InChI=1S/C19H20N2O5/c1-11-5-4-6-13(16(11)19(23)20-2)21-18(22)12-9-14(24-3)17-15(10-12)25-7-8-26-17/h4-6,9-10H,7-8H2,1-3H3,(H,20,23)(H,21,22). The number of carbonyl (C=O) groups excluding carboxylic acids is 2. The molecule has 3 rings (SSSR count). The highest BCUT2D eigenvalue weighted by molar-refractivity contribution is 6.10. The minimum Gasteiger partial charge on any atom is -0.493 e. The average Bonchev–Trinajstić information content (AvgIpc) is 2.66. The lowest BCUT2D eigenvalue weighted by molar-refractivity contribution is 0.0963. The summed E-state index contributed by atoms with van der Waals surface area (Å²) < 4.78 is 16.4. The van der Waals surface area contributed by atoms with Crippen LogP contribution in [0.4, 0.5) is 5.69 Å². The summed E-state index contributed by atoms with van der Waals surface area (Å²) in [7, 11) is 3.05. The Hall–Kier alpha value is -3.22. The molecule has 2 amide bonds. The molecule has 0 aliphatic carbocycles. The molecule has 1 heterocycles. The second kappa shape index (κ2) is 7.35. The summed E-state index contributed by atoms with van der Waals surface area (Å²) in [5.74, 6) is 0.714. The molecule has 0 saturated carbocycles. The van der Waals surface area contributed by atoms with Crippen molar-refractivity contribution in [2.45, 2.75) is 6.92 Å². The van der Waals surface area contributed by atoms with Crippen LogP contribution < -0.4 is 24.8 Å². The van der Waals surface area contributed by atoms with Gasteiger partial charge in [0.15, 0.2) is 11.5 Å². The van der Waals surface area contributed by atoms with Crippen LogP contribution in [-0.2, 0) is 0 Å². The zero-order chi connectivity index (χ0) is 18.7. The Labute approximate surface area is 151 Å². The number of methoxy groups -OCH3 is 1. The van der Waals surface area contributed by atoms with Crippen molar-refractivity contribution in [3.8, 4) is 17.2 Å². The van der Waals surface area contributed by atoms with Crippen LogP contribution >= 0.6 is 0 Å². The van der Waals surface area contributed by atoms with Crippen molar-refractivity contribution in [2.24, 2.45) is 0 Å². The minimum atomic E-state index is -0.379. The Morgan fingerprint density at radius 3 is 2.62 bits per heavy atom. The zero-order valence-electron chi connectivity index (χ0n) is 14.8. The van der Waals surface area contributed by atoms with Gasteiger partial charge in [0.25, 0.3) is 11.8 Å². The molecule has 1 aliphatic heterocycles. The van der Waals surface area contributed by atoms with E-state index in [-0.39, 0.29) is 11.8 Å². The summed E-state index contributed by atoms with van der Waals surface area (Å²) in [6.07, 6.45) is 0. The molecule has 0 atom stereocenters. The molecule has 7 nitrogen and oxygen atoms in total. The topological polar surface area (TPSA) is 85.9 Å². The lowest BCUT2D eigenvalue weighted by atomic mass is 10.0. The third-order valence-electron chi connectivity index (χ3n) is 4.07. The van der Waals surface area contributed by atoms with Gasteiger partial charge in [-0.15, -0.1) is 0 Å². The third-order valence-corrected chi connectivity index (χ3v) is 4.07. The summed E-state index contributed by atoms with van der Waals surface area (Å²) in [4.78, 5) is 24.9. The van der Waals surface area contributed by atoms with Gasteiger partial charge in [-0.1, -0.05) is 12.1 Å². The number of hydrogen-bond donors (Lipinski definition) is 2.